The molecule has 2 saturated heterocycles. The smallest absolute Gasteiger partial charge is 0.246 e. The highest BCUT2D eigenvalue weighted by atomic mass is 79.9. The Morgan fingerprint density at radius 1 is 1.33 bits per heavy atom. The lowest BCUT2D eigenvalue weighted by Crippen LogP contribution is -2.43. The third-order valence-electron chi connectivity index (χ3n) is 4.41. The molecule has 1 aromatic rings. The standard InChI is InChI=1S/C14H19BrN2O3S/c1-20-13-3-2-12(15)6-14(13)21(18,19)17-5-4-10-7-16-8-11(10)9-17/h2-3,6,10-11,16H,4-5,7-9H2,1H3. The van der Waals surface area contributed by atoms with Crippen LogP contribution >= 0.6 is 15.9 Å². The van der Waals surface area contributed by atoms with Crippen LogP contribution in [0, 0.1) is 11.8 Å². The van der Waals surface area contributed by atoms with Gasteiger partial charge in [0.05, 0.1) is 7.11 Å². The van der Waals surface area contributed by atoms with Crippen LogP contribution in [-0.2, 0) is 10.0 Å². The van der Waals surface area contributed by atoms with Crippen molar-refractivity contribution in [1.82, 2.24) is 9.62 Å². The van der Waals surface area contributed by atoms with Gasteiger partial charge in [-0.2, -0.15) is 4.31 Å². The minimum atomic E-state index is -3.52. The van der Waals surface area contributed by atoms with Crippen molar-refractivity contribution >= 4 is 26.0 Å². The predicted molar refractivity (Wildman–Crippen MR) is 83.9 cm³/mol. The van der Waals surface area contributed by atoms with Crippen molar-refractivity contribution in [3.05, 3.63) is 22.7 Å². The first-order chi connectivity index (χ1) is 10.0. The van der Waals surface area contributed by atoms with Crippen LogP contribution in [0.5, 0.6) is 5.75 Å². The summed E-state index contributed by atoms with van der Waals surface area (Å²) in [5, 5.41) is 3.35. The van der Waals surface area contributed by atoms with Crippen LogP contribution in [0.2, 0.25) is 0 Å². The second-order valence-electron chi connectivity index (χ2n) is 5.63. The van der Waals surface area contributed by atoms with E-state index in [2.05, 4.69) is 21.2 Å². The first kappa shape index (κ1) is 15.3. The van der Waals surface area contributed by atoms with Crippen LogP contribution in [0.4, 0.5) is 0 Å². The van der Waals surface area contributed by atoms with Gasteiger partial charge in [0.25, 0.3) is 0 Å². The molecule has 1 aromatic carbocycles. The number of ether oxygens (including phenoxy) is 1. The number of halogens is 1. The van der Waals surface area contributed by atoms with E-state index in [1.807, 2.05) is 0 Å². The molecule has 2 aliphatic heterocycles. The Morgan fingerprint density at radius 3 is 2.86 bits per heavy atom. The molecule has 0 aromatic heterocycles. The number of piperidine rings is 1. The summed E-state index contributed by atoms with van der Waals surface area (Å²) >= 11 is 3.34. The highest BCUT2D eigenvalue weighted by Crippen LogP contribution is 2.34. The number of hydrogen-bond donors (Lipinski definition) is 1. The zero-order chi connectivity index (χ0) is 15.0. The maximum atomic E-state index is 12.9. The Hall–Kier alpha value is -0.630. The number of methoxy groups -OCH3 is 1. The first-order valence-corrected chi connectivity index (χ1v) is 9.30. The summed E-state index contributed by atoms with van der Waals surface area (Å²) in [6.07, 6.45) is 0.924. The minimum absolute atomic E-state index is 0.240. The van der Waals surface area contributed by atoms with Gasteiger partial charge in [-0.15, -0.1) is 0 Å². The summed E-state index contributed by atoms with van der Waals surface area (Å²) in [7, 11) is -2.02. The van der Waals surface area contributed by atoms with Crippen molar-refractivity contribution in [3.63, 3.8) is 0 Å². The van der Waals surface area contributed by atoms with Crippen molar-refractivity contribution in [3.8, 4) is 5.75 Å². The number of nitrogens with one attached hydrogen (secondary N) is 1. The molecule has 2 unspecified atom stereocenters. The molecule has 21 heavy (non-hydrogen) atoms. The molecule has 1 N–H and O–H groups in total. The van der Waals surface area contributed by atoms with Gasteiger partial charge in [-0.05, 0) is 49.5 Å². The third kappa shape index (κ3) is 2.84. The third-order valence-corrected chi connectivity index (χ3v) is 6.79. The normalized spacial score (nSPS) is 26.6. The molecule has 0 spiro atoms. The highest BCUT2D eigenvalue weighted by molar-refractivity contribution is 9.10. The quantitative estimate of drug-likeness (QED) is 0.874. The van der Waals surface area contributed by atoms with E-state index in [0.717, 1.165) is 24.0 Å². The Kier molecular flexibility index (Phi) is 4.27. The van der Waals surface area contributed by atoms with Gasteiger partial charge in [-0.3, -0.25) is 0 Å². The van der Waals surface area contributed by atoms with Gasteiger partial charge in [-0.25, -0.2) is 8.42 Å². The van der Waals surface area contributed by atoms with Crippen LogP contribution < -0.4 is 10.1 Å². The molecule has 0 saturated carbocycles. The van der Waals surface area contributed by atoms with Gasteiger partial charge in [0.15, 0.2) is 0 Å². The van der Waals surface area contributed by atoms with Gasteiger partial charge < -0.3 is 10.1 Å². The van der Waals surface area contributed by atoms with Crippen LogP contribution in [0.1, 0.15) is 6.42 Å². The highest BCUT2D eigenvalue weighted by Gasteiger charge is 2.38. The molecule has 0 aliphatic carbocycles. The van der Waals surface area contributed by atoms with Crippen LogP contribution in [0.3, 0.4) is 0 Å². The summed E-state index contributed by atoms with van der Waals surface area (Å²) in [6.45, 7) is 3.10. The van der Waals surface area contributed by atoms with Gasteiger partial charge in [-0.1, -0.05) is 15.9 Å². The van der Waals surface area contributed by atoms with Crippen molar-refractivity contribution in [2.75, 3.05) is 33.3 Å². The van der Waals surface area contributed by atoms with Gasteiger partial charge in [0.2, 0.25) is 10.0 Å². The molecule has 2 aliphatic rings. The monoisotopic (exact) mass is 374 g/mol. The Bertz CT molecular complexity index is 635. The number of sulfonamides is 1. The van der Waals surface area contributed by atoms with Crippen molar-refractivity contribution in [2.45, 2.75) is 11.3 Å². The van der Waals surface area contributed by atoms with E-state index in [1.165, 1.54) is 7.11 Å². The van der Waals surface area contributed by atoms with Crippen molar-refractivity contribution in [2.24, 2.45) is 11.8 Å². The average molecular weight is 375 g/mol. The number of nitrogens with zero attached hydrogens (tertiary/aromatic N) is 1. The molecule has 116 valence electrons. The summed E-state index contributed by atoms with van der Waals surface area (Å²) < 4.78 is 33.4. The average Bonchev–Trinajstić information content (AvgIpc) is 2.94. The molecule has 0 amide bonds. The van der Waals surface area contributed by atoms with E-state index in [1.54, 1.807) is 22.5 Å². The van der Waals surface area contributed by atoms with Crippen molar-refractivity contribution in [1.29, 1.82) is 0 Å². The Labute approximate surface area is 133 Å². The summed E-state index contributed by atoms with van der Waals surface area (Å²) in [5.41, 5.74) is 0. The molecule has 2 heterocycles. The molecule has 0 bridgehead atoms. The molecular formula is C14H19BrN2O3S. The topological polar surface area (TPSA) is 58.6 Å². The number of benzene rings is 1. The number of fused-ring (bicyclic) bond motifs is 1. The lowest BCUT2D eigenvalue weighted by Gasteiger charge is -2.33. The fraction of sp³-hybridized carbons (Fsp3) is 0.571. The molecule has 3 rings (SSSR count). The molecule has 5 nitrogen and oxygen atoms in total. The van der Waals surface area contributed by atoms with Crippen LogP contribution in [-0.4, -0.2) is 46.0 Å². The second kappa shape index (κ2) is 5.87. The molecule has 7 heteroatoms. The van der Waals surface area contributed by atoms with E-state index in [0.29, 0.717) is 30.7 Å². The fourth-order valence-electron chi connectivity index (χ4n) is 3.21. The molecular weight excluding hydrogens is 356 g/mol. The zero-order valence-corrected chi connectivity index (χ0v) is 14.3. The van der Waals surface area contributed by atoms with E-state index in [4.69, 9.17) is 4.74 Å². The lowest BCUT2D eigenvalue weighted by atomic mass is 9.90. The zero-order valence-electron chi connectivity index (χ0n) is 11.9. The fourth-order valence-corrected chi connectivity index (χ4v) is 5.42. The maximum absolute atomic E-state index is 12.9. The number of rotatable bonds is 3. The minimum Gasteiger partial charge on any atom is -0.495 e. The summed E-state index contributed by atoms with van der Waals surface area (Å²) in [4.78, 5) is 0.240. The lowest BCUT2D eigenvalue weighted by molar-refractivity contribution is 0.227. The van der Waals surface area contributed by atoms with Crippen LogP contribution in [0.25, 0.3) is 0 Å². The largest absolute Gasteiger partial charge is 0.495 e. The molecule has 2 atom stereocenters. The summed E-state index contributed by atoms with van der Waals surface area (Å²) in [6, 6.07) is 5.08. The summed E-state index contributed by atoms with van der Waals surface area (Å²) in [5.74, 6) is 1.43. The van der Waals surface area contributed by atoms with E-state index in [-0.39, 0.29) is 4.90 Å². The van der Waals surface area contributed by atoms with E-state index in [9.17, 15) is 8.42 Å². The van der Waals surface area contributed by atoms with Gasteiger partial charge in [0.1, 0.15) is 10.6 Å². The molecule has 0 radical (unpaired) electrons. The Balaban J connectivity index is 1.91. The predicted octanol–water partition coefficient (Wildman–Crippen LogP) is 1.69. The second-order valence-corrected chi connectivity index (χ2v) is 8.45. The van der Waals surface area contributed by atoms with Crippen molar-refractivity contribution < 1.29 is 13.2 Å². The maximum Gasteiger partial charge on any atom is 0.246 e. The van der Waals surface area contributed by atoms with Crippen LogP contribution in [0.15, 0.2) is 27.6 Å². The van der Waals surface area contributed by atoms with Gasteiger partial charge in [0, 0.05) is 17.6 Å². The molecule has 2 fully saturated rings. The van der Waals surface area contributed by atoms with E-state index < -0.39 is 10.0 Å². The van der Waals surface area contributed by atoms with Gasteiger partial charge >= 0.3 is 0 Å². The first-order valence-electron chi connectivity index (χ1n) is 7.07. The Morgan fingerprint density at radius 2 is 2.10 bits per heavy atom. The number of hydrogen-bond acceptors (Lipinski definition) is 4. The van der Waals surface area contributed by atoms with E-state index >= 15 is 0 Å². The SMILES string of the molecule is COc1ccc(Br)cc1S(=O)(=O)N1CCC2CNCC2C1.